The van der Waals surface area contributed by atoms with Crippen molar-refractivity contribution in [3.05, 3.63) is 42.2 Å². The highest BCUT2D eigenvalue weighted by Gasteiger charge is 2.14. The minimum Gasteiger partial charge on any atom is -0.493 e. The number of hydrogen-bond acceptors (Lipinski definition) is 4. The summed E-state index contributed by atoms with van der Waals surface area (Å²) in [6.45, 7) is 5.08. The highest BCUT2D eigenvalue weighted by Crippen LogP contribution is 2.27. The molecule has 1 aromatic heterocycles. The highest BCUT2D eigenvalue weighted by atomic mass is 16.5. The molecule has 2 atom stereocenters. The van der Waals surface area contributed by atoms with E-state index in [2.05, 4.69) is 24.3 Å². The fourth-order valence-electron chi connectivity index (χ4n) is 2.19. The Hall–Kier alpha value is -2.01. The maximum Gasteiger partial charge on any atom is 0.161 e. The van der Waals surface area contributed by atoms with Crippen LogP contribution in [-0.4, -0.2) is 30.0 Å². The lowest BCUT2D eigenvalue weighted by molar-refractivity contribution is 0.352. The zero-order valence-corrected chi connectivity index (χ0v) is 13.0. The highest BCUT2D eigenvalue weighted by molar-refractivity contribution is 5.42. The van der Waals surface area contributed by atoms with E-state index < -0.39 is 0 Å². The molecule has 5 nitrogen and oxygen atoms in total. The first kappa shape index (κ1) is 15.4. The van der Waals surface area contributed by atoms with Gasteiger partial charge in [0.05, 0.1) is 20.3 Å². The van der Waals surface area contributed by atoms with Crippen molar-refractivity contribution in [3.8, 4) is 11.5 Å². The number of ether oxygens (including phenoxy) is 2. The molecule has 0 amide bonds. The Kier molecular flexibility index (Phi) is 5.22. The van der Waals surface area contributed by atoms with E-state index in [1.165, 1.54) is 0 Å². The van der Waals surface area contributed by atoms with Crippen LogP contribution in [0.1, 0.15) is 25.5 Å². The van der Waals surface area contributed by atoms with Crippen LogP contribution in [0.3, 0.4) is 0 Å². The molecule has 0 aliphatic carbocycles. The molecule has 2 unspecified atom stereocenters. The van der Waals surface area contributed by atoms with Gasteiger partial charge in [-0.05, 0) is 37.6 Å². The maximum atomic E-state index is 5.32. The van der Waals surface area contributed by atoms with Gasteiger partial charge in [0.2, 0.25) is 0 Å². The smallest absolute Gasteiger partial charge is 0.161 e. The van der Waals surface area contributed by atoms with E-state index in [-0.39, 0.29) is 0 Å². The van der Waals surface area contributed by atoms with Crippen LogP contribution in [0.5, 0.6) is 11.5 Å². The third-order valence-electron chi connectivity index (χ3n) is 3.74. The third-order valence-corrected chi connectivity index (χ3v) is 3.74. The van der Waals surface area contributed by atoms with Crippen molar-refractivity contribution in [3.63, 3.8) is 0 Å². The molecule has 1 aromatic carbocycles. The number of aromatic nitrogens is 2. The Morgan fingerprint density at radius 1 is 1.19 bits per heavy atom. The molecule has 0 radical (unpaired) electrons. The second-order valence-corrected chi connectivity index (χ2v) is 5.09. The normalized spacial score (nSPS) is 13.7. The van der Waals surface area contributed by atoms with Gasteiger partial charge < -0.3 is 14.8 Å². The molecule has 0 saturated carbocycles. The SMILES string of the molecule is COc1ccc(CNC(C)C(C)n2cccn2)cc1OC. The van der Waals surface area contributed by atoms with E-state index in [1.54, 1.807) is 20.4 Å². The average molecular weight is 289 g/mol. The van der Waals surface area contributed by atoms with Crippen molar-refractivity contribution in [2.75, 3.05) is 14.2 Å². The number of nitrogens with zero attached hydrogens (tertiary/aromatic N) is 2. The molecule has 2 aromatic rings. The Bertz CT molecular complexity index is 555. The minimum atomic E-state index is 0.292. The Morgan fingerprint density at radius 2 is 1.95 bits per heavy atom. The summed E-state index contributed by atoms with van der Waals surface area (Å²) in [7, 11) is 3.29. The largest absolute Gasteiger partial charge is 0.493 e. The molecule has 5 heteroatoms. The Morgan fingerprint density at radius 3 is 2.57 bits per heavy atom. The van der Waals surface area contributed by atoms with Crippen LogP contribution in [0.4, 0.5) is 0 Å². The topological polar surface area (TPSA) is 48.3 Å². The average Bonchev–Trinajstić information content (AvgIpc) is 3.05. The molecule has 114 valence electrons. The van der Waals surface area contributed by atoms with Crippen LogP contribution >= 0.6 is 0 Å². The van der Waals surface area contributed by atoms with E-state index in [0.29, 0.717) is 12.1 Å². The zero-order chi connectivity index (χ0) is 15.2. The lowest BCUT2D eigenvalue weighted by Crippen LogP contribution is -2.33. The van der Waals surface area contributed by atoms with Gasteiger partial charge in [0.1, 0.15) is 0 Å². The van der Waals surface area contributed by atoms with E-state index in [4.69, 9.17) is 9.47 Å². The molecule has 0 spiro atoms. The summed E-state index contributed by atoms with van der Waals surface area (Å²) in [4.78, 5) is 0. The Balaban J connectivity index is 1.96. The third kappa shape index (κ3) is 3.76. The molecule has 21 heavy (non-hydrogen) atoms. The maximum absolute atomic E-state index is 5.32. The van der Waals surface area contributed by atoms with E-state index in [0.717, 1.165) is 23.6 Å². The van der Waals surface area contributed by atoms with Gasteiger partial charge in [0.25, 0.3) is 0 Å². The first-order valence-corrected chi connectivity index (χ1v) is 7.09. The van der Waals surface area contributed by atoms with Crippen molar-refractivity contribution in [2.45, 2.75) is 32.5 Å². The van der Waals surface area contributed by atoms with Gasteiger partial charge in [-0.1, -0.05) is 6.07 Å². The molecule has 0 aliphatic heterocycles. The summed E-state index contributed by atoms with van der Waals surface area (Å²) >= 11 is 0. The van der Waals surface area contributed by atoms with Crippen molar-refractivity contribution in [2.24, 2.45) is 0 Å². The van der Waals surface area contributed by atoms with Crippen molar-refractivity contribution >= 4 is 0 Å². The number of nitrogens with one attached hydrogen (secondary N) is 1. The fourth-order valence-corrected chi connectivity index (χ4v) is 2.19. The summed E-state index contributed by atoms with van der Waals surface area (Å²) in [6, 6.07) is 8.50. The number of rotatable bonds is 7. The van der Waals surface area contributed by atoms with Crippen molar-refractivity contribution in [1.82, 2.24) is 15.1 Å². The van der Waals surface area contributed by atoms with Gasteiger partial charge >= 0.3 is 0 Å². The van der Waals surface area contributed by atoms with Gasteiger partial charge in [-0.3, -0.25) is 4.68 Å². The summed E-state index contributed by atoms with van der Waals surface area (Å²) in [6.07, 6.45) is 3.79. The molecule has 0 fully saturated rings. The van der Waals surface area contributed by atoms with Crippen LogP contribution < -0.4 is 14.8 Å². The second-order valence-electron chi connectivity index (χ2n) is 5.09. The summed E-state index contributed by atoms with van der Waals surface area (Å²) in [5.41, 5.74) is 1.16. The first-order chi connectivity index (χ1) is 10.2. The predicted molar refractivity (Wildman–Crippen MR) is 82.8 cm³/mol. The monoisotopic (exact) mass is 289 g/mol. The van der Waals surface area contributed by atoms with Gasteiger partial charge in [-0.15, -0.1) is 0 Å². The van der Waals surface area contributed by atoms with Crippen LogP contribution in [0.15, 0.2) is 36.7 Å². The van der Waals surface area contributed by atoms with Gasteiger partial charge in [-0.25, -0.2) is 0 Å². The van der Waals surface area contributed by atoms with Crippen LogP contribution in [0.25, 0.3) is 0 Å². The summed E-state index contributed by atoms with van der Waals surface area (Å²) in [5, 5.41) is 7.80. The molecular weight excluding hydrogens is 266 g/mol. The minimum absolute atomic E-state index is 0.292. The summed E-state index contributed by atoms with van der Waals surface area (Å²) in [5.74, 6) is 1.50. The van der Waals surface area contributed by atoms with Crippen LogP contribution in [0, 0.1) is 0 Å². The molecular formula is C16H23N3O2. The molecule has 0 saturated heterocycles. The van der Waals surface area contributed by atoms with E-state index in [1.807, 2.05) is 35.1 Å². The summed E-state index contributed by atoms with van der Waals surface area (Å²) < 4.78 is 12.5. The quantitative estimate of drug-likeness (QED) is 0.851. The van der Waals surface area contributed by atoms with Gasteiger partial charge in [-0.2, -0.15) is 5.10 Å². The Labute approximate surface area is 125 Å². The number of methoxy groups -OCH3 is 2. The number of hydrogen-bond donors (Lipinski definition) is 1. The second kappa shape index (κ2) is 7.13. The lowest BCUT2D eigenvalue weighted by atomic mass is 10.1. The molecule has 0 bridgehead atoms. The molecule has 1 N–H and O–H groups in total. The molecule has 2 rings (SSSR count). The molecule has 0 aliphatic rings. The van der Waals surface area contributed by atoms with E-state index in [9.17, 15) is 0 Å². The predicted octanol–water partition coefficient (Wildman–Crippen LogP) is 2.64. The van der Waals surface area contributed by atoms with Crippen LogP contribution in [-0.2, 0) is 6.54 Å². The fraction of sp³-hybridized carbons (Fsp3) is 0.438. The van der Waals surface area contributed by atoms with Crippen LogP contribution in [0.2, 0.25) is 0 Å². The number of benzene rings is 1. The zero-order valence-electron chi connectivity index (χ0n) is 13.0. The lowest BCUT2D eigenvalue weighted by Gasteiger charge is -2.22. The first-order valence-electron chi connectivity index (χ1n) is 7.09. The van der Waals surface area contributed by atoms with Crippen molar-refractivity contribution in [1.29, 1.82) is 0 Å². The van der Waals surface area contributed by atoms with Gasteiger partial charge in [0.15, 0.2) is 11.5 Å². The molecule has 1 heterocycles. The standard InChI is InChI=1S/C16H23N3O2/c1-12(13(2)19-9-5-8-18-19)17-11-14-6-7-15(20-3)16(10-14)21-4/h5-10,12-13,17H,11H2,1-4H3. The van der Waals surface area contributed by atoms with E-state index >= 15 is 0 Å². The van der Waals surface area contributed by atoms with Crippen molar-refractivity contribution < 1.29 is 9.47 Å². The van der Waals surface area contributed by atoms with Gasteiger partial charge in [0, 0.05) is 25.0 Å².